The smallest absolute Gasteiger partial charge is 0.280 e. The SMILES string of the molecule is CCCc1c(Cc2ccc(-c3ccccc3C3=NC(O)ON3)cc2F)c(=O)n(C2CCC(OC(C)C3(O)CCC3)CC2)c2ncnn12. The van der Waals surface area contributed by atoms with Gasteiger partial charge in [0.25, 0.3) is 12.0 Å². The Balaban J connectivity index is 1.18. The van der Waals surface area contributed by atoms with Crippen molar-refractivity contribution in [1.29, 1.82) is 0 Å². The number of amidine groups is 1. The van der Waals surface area contributed by atoms with Gasteiger partial charge in [-0.15, -0.1) is 0 Å². The van der Waals surface area contributed by atoms with Crippen molar-refractivity contribution in [2.75, 3.05) is 0 Å². The summed E-state index contributed by atoms with van der Waals surface area (Å²) in [5, 5.41) is 24.9. The van der Waals surface area contributed by atoms with Crippen LogP contribution in [0.4, 0.5) is 4.39 Å². The molecule has 12 heteroatoms. The number of aryl methyl sites for hydroxylation is 1. The molecule has 7 rings (SSSR count). The minimum Gasteiger partial charge on any atom is -0.387 e. The summed E-state index contributed by atoms with van der Waals surface area (Å²) in [7, 11) is 0. The number of nitrogens with one attached hydrogen (secondary N) is 1. The van der Waals surface area contributed by atoms with Crippen LogP contribution < -0.4 is 11.0 Å². The van der Waals surface area contributed by atoms with Crippen molar-refractivity contribution in [1.82, 2.24) is 24.6 Å². The molecule has 2 fully saturated rings. The van der Waals surface area contributed by atoms with E-state index < -0.39 is 17.8 Å². The Hall–Kier alpha value is -3.97. The van der Waals surface area contributed by atoms with E-state index in [1.54, 1.807) is 15.1 Å². The zero-order valence-corrected chi connectivity index (χ0v) is 26.7. The molecule has 0 spiro atoms. The molecule has 2 unspecified atom stereocenters. The average Bonchev–Trinajstić information content (AvgIpc) is 3.72. The molecule has 1 aliphatic heterocycles. The zero-order valence-electron chi connectivity index (χ0n) is 26.7. The van der Waals surface area contributed by atoms with Crippen molar-refractivity contribution in [3.05, 3.63) is 87.3 Å². The third-order valence-electron chi connectivity index (χ3n) is 10.1. The van der Waals surface area contributed by atoms with E-state index in [4.69, 9.17) is 9.57 Å². The molecular weight excluding hydrogens is 603 g/mol. The van der Waals surface area contributed by atoms with Crippen LogP contribution in [0.1, 0.15) is 93.6 Å². The van der Waals surface area contributed by atoms with E-state index in [-0.39, 0.29) is 30.2 Å². The van der Waals surface area contributed by atoms with Gasteiger partial charge in [0.05, 0.1) is 23.5 Å². The fourth-order valence-corrected chi connectivity index (χ4v) is 7.26. The van der Waals surface area contributed by atoms with Gasteiger partial charge in [-0.25, -0.2) is 24.2 Å². The van der Waals surface area contributed by atoms with E-state index in [0.29, 0.717) is 40.3 Å². The molecule has 0 bridgehead atoms. The molecule has 2 aliphatic carbocycles. The number of hydroxylamine groups is 1. The van der Waals surface area contributed by atoms with Crippen LogP contribution in [-0.4, -0.2) is 59.4 Å². The fraction of sp³-hybridized carbons (Fsp3) is 0.486. The number of aliphatic imine (C=N–C) groups is 1. The molecule has 0 amide bonds. The molecule has 2 aromatic carbocycles. The normalized spacial score (nSPS) is 22.9. The largest absolute Gasteiger partial charge is 0.387 e. The predicted molar refractivity (Wildman–Crippen MR) is 173 cm³/mol. The van der Waals surface area contributed by atoms with Crippen LogP contribution in [0.2, 0.25) is 0 Å². The number of hydrogen-bond acceptors (Lipinski definition) is 9. The molecule has 248 valence electrons. The van der Waals surface area contributed by atoms with Crippen LogP contribution in [-0.2, 0) is 22.4 Å². The Morgan fingerprint density at radius 2 is 1.91 bits per heavy atom. The van der Waals surface area contributed by atoms with E-state index >= 15 is 4.39 Å². The minimum atomic E-state index is -1.31. The third kappa shape index (κ3) is 5.99. The number of hydrogen-bond donors (Lipinski definition) is 3. The van der Waals surface area contributed by atoms with Gasteiger partial charge in [-0.05, 0) is 81.0 Å². The summed E-state index contributed by atoms with van der Waals surface area (Å²) in [5.74, 6) is 0.435. The van der Waals surface area contributed by atoms with Gasteiger partial charge in [0.2, 0.25) is 5.78 Å². The molecule has 2 saturated carbocycles. The Kier molecular flexibility index (Phi) is 8.69. The lowest BCUT2D eigenvalue weighted by Crippen LogP contribution is -2.49. The molecule has 4 aromatic rings. The van der Waals surface area contributed by atoms with Crippen molar-refractivity contribution in [2.24, 2.45) is 4.99 Å². The quantitative estimate of drug-likeness (QED) is 0.228. The summed E-state index contributed by atoms with van der Waals surface area (Å²) in [5.41, 5.74) is 5.42. The number of benzene rings is 2. The topological polar surface area (TPSA) is 136 Å². The highest BCUT2D eigenvalue weighted by atomic mass is 19.1. The Morgan fingerprint density at radius 1 is 1.15 bits per heavy atom. The highest BCUT2D eigenvalue weighted by Crippen LogP contribution is 2.39. The summed E-state index contributed by atoms with van der Waals surface area (Å²) < 4.78 is 25.7. The number of ether oxygens (including phenoxy) is 1. The van der Waals surface area contributed by atoms with Crippen molar-refractivity contribution in [2.45, 2.75) is 108 Å². The first-order chi connectivity index (χ1) is 22.8. The lowest BCUT2D eigenvalue weighted by Gasteiger charge is -2.43. The average molecular weight is 645 g/mol. The van der Waals surface area contributed by atoms with Crippen LogP contribution >= 0.6 is 0 Å². The number of aliphatic hydroxyl groups is 2. The third-order valence-corrected chi connectivity index (χ3v) is 10.1. The summed E-state index contributed by atoms with van der Waals surface area (Å²) in [4.78, 5) is 27.9. The summed E-state index contributed by atoms with van der Waals surface area (Å²) in [6.45, 7) is 4.00. The van der Waals surface area contributed by atoms with Gasteiger partial charge in [0, 0.05) is 23.6 Å². The highest BCUT2D eigenvalue weighted by molar-refractivity contribution is 6.04. The van der Waals surface area contributed by atoms with Gasteiger partial charge < -0.3 is 14.9 Å². The lowest BCUT2D eigenvalue weighted by atomic mass is 9.76. The maximum Gasteiger partial charge on any atom is 0.280 e. The number of halogens is 1. The standard InChI is InChI=1S/C35H41FN6O5/c1-3-7-30-28(18-23-11-10-22(19-29(23)36)26-8-4-5-9-27(26)31-39-34(44)47-40-31)32(43)41(33-37-20-38-42(30)33)24-12-14-25(15-13-24)46-21(2)35(45)16-6-17-35/h4-5,8-11,19-21,24-25,34,44-45H,3,6-7,12-18H2,1-2H3,(H,39,40). The number of aromatic nitrogens is 4. The fourth-order valence-electron chi connectivity index (χ4n) is 7.26. The van der Waals surface area contributed by atoms with Crippen molar-refractivity contribution < 1.29 is 24.2 Å². The second kappa shape index (κ2) is 12.9. The van der Waals surface area contributed by atoms with Crippen molar-refractivity contribution >= 4 is 11.6 Å². The molecule has 11 nitrogen and oxygen atoms in total. The van der Waals surface area contributed by atoms with Crippen LogP contribution in [0.5, 0.6) is 0 Å². The zero-order chi connectivity index (χ0) is 32.7. The number of fused-ring (bicyclic) bond motifs is 1. The first-order valence-corrected chi connectivity index (χ1v) is 16.6. The second-order valence-corrected chi connectivity index (χ2v) is 13.0. The lowest BCUT2D eigenvalue weighted by molar-refractivity contribution is -0.167. The molecule has 0 saturated heterocycles. The Morgan fingerprint density at radius 3 is 2.57 bits per heavy atom. The van der Waals surface area contributed by atoms with Crippen LogP contribution in [0.25, 0.3) is 16.9 Å². The van der Waals surface area contributed by atoms with Gasteiger partial charge in [-0.1, -0.05) is 49.7 Å². The van der Waals surface area contributed by atoms with Gasteiger partial charge >= 0.3 is 0 Å². The molecule has 3 N–H and O–H groups in total. The van der Waals surface area contributed by atoms with E-state index in [1.165, 1.54) is 12.4 Å². The van der Waals surface area contributed by atoms with E-state index in [2.05, 4.69) is 20.6 Å². The molecule has 0 radical (unpaired) electrons. The monoisotopic (exact) mass is 644 g/mol. The van der Waals surface area contributed by atoms with Gasteiger partial charge in [0.1, 0.15) is 12.1 Å². The van der Waals surface area contributed by atoms with Gasteiger partial charge in [0.15, 0.2) is 5.84 Å². The van der Waals surface area contributed by atoms with Gasteiger partial charge in [-0.2, -0.15) is 10.1 Å². The van der Waals surface area contributed by atoms with Crippen LogP contribution in [0.3, 0.4) is 0 Å². The Labute approximate surface area is 272 Å². The first kappa shape index (κ1) is 31.6. The number of rotatable bonds is 10. The highest BCUT2D eigenvalue weighted by Gasteiger charge is 2.42. The van der Waals surface area contributed by atoms with Crippen LogP contribution in [0, 0.1) is 5.82 Å². The molecular formula is C35H41FN6O5. The van der Waals surface area contributed by atoms with Crippen molar-refractivity contribution in [3.8, 4) is 11.1 Å². The molecule has 47 heavy (non-hydrogen) atoms. The molecule has 3 aliphatic rings. The number of nitrogens with zero attached hydrogens (tertiary/aromatic N) is 5. The van der Waals surface area contributed by atoms with Gasteiger partial charge in [-0.3, -0.25) is 9.36 Å². The molecule has 2 atom stereocenters. The van der Waals surface area contributed by atoms with Crippen molar-refractivity contribution in [3.63, 3.8) is 0 Å². The summed E-state index contributed by atoms with van der Waals surface area (Å²) >= 11 is 0. The molecule has 3 heterocycles. The first-order valence-electron chi connectivity index (χ1n) is 16.6. The maximum absolute atomic E-state index is 15.9. The predicted octanol–water partition coefficient (Wildman–Crippen LogP) is 4.60. The molecule has 2 aromatic heterocycles. The van der Waals surface area contributed by atoms with E-state index in [1.807, 2.05) is 44.2 Å². The van der Waals surface area contributed by atoms with Crippen LogP contribution in [0.15, 0.2) is 58.6 Å². The summed E-state index contributed by atoms with van der Waals surface area (Å²) in [6.07, 6.45) is 7.08. The summed E-state index contributed by atoms with van der Waals surface area (Å²) in [6, 6.07) is 12.3. The minimum absolute atomic E-state index is 0.0289. The van der Waals surface area contributed by atoms with E-state index in [0.717, 1.165) is 62.6 Å². The Bertz CT molecular complexity index is 1860. The second-order valence-electron chi connectivity index (χ2n) is 13.0. The number of aliphatic hydroxyl groups excluding tert-OH is 1. The maximum atomic E-state index is 15.9. The van der Waals surface area contributed by atoms with E-state index in [9.17, 15) is 15.0 Å².